The van der Waals surface area contributed by atoms with Crippen LogP contribution in [0.4, 0.5) is 0 Å². The van der Waals surface area contributed by atoms with Gasteiger partial charge in [-0.15, -0.1) is 11.6 Å². The number of alkyl halides is 1. The van der Waals surface area contributed by atoms with Crippen LogP contribution in [0.25, 0.3) is 11.0 Å². The molecule has 0 amide bonds. The minimum absolute atomic E-state index is 0.399. The van der Waals surface area contributed by atoms with Gasteiger partial charge >= 0.3 is 0 Å². The molecule has 0 bridgehead atoms. The number of fused-ring (bicyclic) bond motifs is 1. The van der Waals surface area contributed by atoms with Crippen molar-refractivity contribution in [3.8, 4) is 0 Å². The van der Waals surface area contributed by atoms with Gasteiger partial charge in [-0.25, -0.2) is 4.98 Å². The summed E-state index contributed by atoms with van der Waals surface area (Å²) in [7, 11) is 0. The Labute approximate surface area is 126 Å². The van der Waals surface area contributed by atoms with Gasteiger partial charge in [0, 0.05) is 18.8 Å². The van der Waals surface area contributed by atoms with Gasteiger partial charge in [0.1, 0.15) is 5.82 Å². The minimum Gasteiger partial charge on any atom is -0.328 e. The second-order valence-electron chi connectivity index (χ2n) is 7.06. The molecule has 2 nitrogen and oxygen atoms in total. The van der Waals surface area contributed by atoms with Crippen molar-refractivity contribution in [2.75, 3.05) is 5.88 Å². The number of rotatable bonds is 4. The molecule has 3 rings (SSSR count). The third-order valence-electron chi connectivity index (χ3n) is 5.74. The smallest absolute Gasteiger partial charge is 0.111 e. The normalized spacial score (nSPS) is 20.4. The lowest BCUT2D eigenvalue weighted by Crippen LogP contribution is -2.09. The SMILES string of the molecule is CC1(C)C(Cn2c(CCCl)nc3ccccc32)C1(C)C. The van der Waals surface area contributed by atoms with Crippen LogP contribution < -0.4 is 0 Å². The van der Waals surface area contributed by atoms with Crippen LogP contribution in [0.2, 0.25) is 0 Å². The van der Waals surface area contributed by atoms with E-state index in [2.05, 4.69) is 56.5 Å². The van der Waals surface area contributed by atoms with Crippen LogP contribution in [-0.4, -0.2) is 15.4 Å². The van der Waals surface area contributed by atoms with E-state index in [0.29, 0.717) is 22.6 Å². The average molecular weight is 291 g/mol. The van der Waals surface area contributed by atoms with Crippen molar-refractivity contribution in [2.45, 2.75) is 40.7 Å². The molecule has 3 heteroatoms. The second kappa shape index (κ2) is 4.49. The molecular formula is C17H23ClN2. The average Bonchev–Trinajstić information content (AvgIpc) is 2.70. The number of benzene rings is 1. The number of para-hydroxylation sites is 2. The van der Waals surface area contributed by atoms with E-state index in [1.165, 1.54) is 5.52 Å². The summed E-state index contributed by atoms with van der Waals surface area (Å²) in [5.74, 6) is 2.45. The van der Waals surface area contributed by atoms with E-state index in [4.69, 9.17) is 16.6 Å². The maximum atomic E-state index is 5.95. The van der Waals surface area contributed by atoms with Crippen LogP contribution in [0.3, 0.4) is 0 Å². The Morgan fingerprint density at radius 3 is 2.40 bits per heavy atom. The molecular weight excluding hydrogens is 268 g/mol. The standard InChI is InChI=1S/C17H23ClN2/c1-16(2)14(17(16,3)4)11-20-13-8-6-5-7-12(13)19-15(20)9-10-18/h5-8,14H,9-11H2,1-4H3. The maximum Gasteiger partial charge on any atom is 0.111 e. The lowest BCUT2D eigenvalue weighted by molar-refractivity contribution is 0.457. The molecule has 108 valence electrons. The van der Waals surface area contributed by atoms with E-state index in [-0.39, 0.29) is 0 Å². The molecule has 20 heavy (non-hydrogen) atoms. The van der Waals surface area contributed by atoms with Gasteiger partial charge in [0.2, 0.25) is 0 Å². The van der Waals surface area contributed by atoms with Crippen LogP contribution in [0, 0.1) is 16.7 Å². The number of hydrogen-bond acceptors (Lipinski definition) is 1. The van der Waals surface area contributed by atoms with Crippen LogP contribution in [-0.2, 0) is 13.0 Å². The van der Waals surface area contributed by atoms with Crippen LogP contribution in [0.15, 0.2) is 24.3 Å². The Hall–Kier alpha value is -1.02. The molecule has 1 aromatic carbocycles. The second-order valence-corrected chi connectivity index (χ2v) is 7.44. The molecule has 1 heterocycles. The van der Waals surface area contributed by atoms with Crippen molar-refractivity contribution in [1.82, 2.24) is 9.55 Å². The van der Waals surface area contributed by atoms with E-state index >= 15 is 0 Å². The van der Waals surface area contributed by atoms with Gasteiger partial charge in [0.15, 0.2) is 0 Å². The minimum atomic E-state index is 0.399. The van der Waals surface area contributed by atoms with Crippen molar-refractivity contribution in [1.29, 1.82) is 0 Å². The van der Waals surface area contributed by atoms with Gasteiger partial charge in [-0.05, 0) is 28.9 Å². The summed E-state index contributed by atoms with van der Waals surface area (Å²) in [5.41, 5.74) is 3.13. The third-order valence-corrected chi connectivity index (χ3v) is 5.93. The van der Waals surface area contributed by atoms with Gasteiger partial charge in [0.05, 0.1) is 11.0 Å². The molecule has 2 aromatic rings. The zero-order valence-electron chi connectivity index (χ0n) is 12.8. The summed E-state index contributed by atoms with van der Waals surface area (Å²) < 4.78 is 2.39. The first-order valence-electron chi connectivity index (χ1n) is 7.39. The Kier molecular flexibility index (Phi) is 3.13. The number of halogens is 1. The fourth-order valence-electron chi connectivity index (χ4n) is 3.58. The summed E-state index contributed by atoms with van der Waals surface area (Å²) in [6.07, 6.45) is 0.837. The van der Waals surface area contributed by atoms with Crippen LogP contribution in [0.1, 0.15) is 33.5 Å². The lowest BCUT2D eigenvalue weighted by atomic mass is 10.0. The monoisotopic (exact) mass is 290 g/mol. The molecule has 0 saturated heterocycles. The predicted molar refractivity (Wildman–Crippen MR) is 85.2 cm³/mol. The maximum absolute atomic E-state index is 5.95. The molecule has 1 aromatic heterocycles. The van der Waals surface area contributed by atoms with Gasteiger partial charge in [-0.3, -0.25) is 0 Å². The highest BCUT2D eigenvalue weighted by atomic mass is 35.5. The Bertz CT molecular complexity index is 625. The molecule has 0 unspecified atom stereocenters. The van der Waals surface area contributed by atoms with Crippen molar-refractivity contribution < 1.29 is 0 Å². The fourth-order valence-corrected chi connectivity index (χ4v) is 3.75. The summed E-state index contributed by atoms with van der Waals surface area (Å²) >= 11 is 5.95. The van der Waals surface area contributed by atoms with Gasteiger partial charge in [0.25, 0.3) is 0 Å². The Balaban J connectivity index is 2.00. The molecule has 1 saturated carbocycles. The largest absolute Gasteiger partial charge is 0.328 e. The number of hydrogen-bond donors (Lipinski definition) is 0. The van der Waals surface area contributed by atoms with E-state index in [1.54, 1.807) is 0 Å². The van der Waals surface area contributed by atoms with Crippen molar-refractivity contribution >= 4 is 22.6 Å². The molecule has 1 fully saturated rings. The number of imidazole rings is 1. The summed E-state index contributed by atoms with van der Waals surface area (Å²) in [6.45, 7) is 10.5. The van der Waals surface area contributed by atoms with Gasteiger partial charge in [-0.2, -0.15) is 0 Å². The van der Waals surface area contributed by atoms with Crippen molar-refractivity contribution in [3.63, 3.8) is 0 Å². The molecule has 0 radical (unpaired) electrons. The Morgan fingerprint density at radius 1 is 1.15 bits per heavy atom. The first-order chi connectivity index (χ1) is 9.39. The highest BCUT2D eigenvalue weighted by Crippen LogP contribution is 2.69. The fraction of sp³-hybridized carbons (Fsp3) is 0.588. The van der Waals surface area contributed by atoms with E-state index in [9.17, 15) is 0 Å². The first kappa shape index (κ1) is 13.9. The van der Waals surface area contributed by atoms with Gasteiger partial charge < -0.3 is 4.57 Å². The summed E-state index contributed by atoms with van der Waals surface area (Å²) in [5, 5.41) is 0. The zero-order valence-corrected chi connectivity index (χ0v) is 13.5. The first-order valence-corrected chi connectivity index (χ1v) is 7.93. The van der Waals surface area contributed by atoms with Gasteiger partial charge in [-0.1, -0.05) is 39.8 Å². The van der Waals surface area contributed by atoms with Crippen LogP contribution in [0.5, 0.6) is 0 Å². The summed E-state index contributed by atoms with van der Waals surface area (Å²) in [6, 6.07) is 8.40. The molecule has 1 aliphatic rings. The molecule has 0 N–H and O–H groups in total. The quantitative estimate of drug-likeness (QED) is 0.758. The molecule has 0 atom stereocenters. The number of nitrogens with zero attached hydrogens (tertiary/aromatic N) is 2. The zero-order chi connectivity index (χ0) is 14.5. The highest BCUT2D eigenvalue weighted by Gasteiger charge is 2.64. The highest BCUT2D eigenvalue weighted by molar-refractivity contribution is 6.17. The lowest BCUT2D eigenvalue weighted by Gasteiger charge is -2.10. The van der Waals surface area contributed by atoms with E-state index < -0.39 is 0 Å². The molecule has 0 spiro atoms. The topological polar surface area (TPSA) is 17.8 Å². The number of aryl methyl sites for hydroxylation is 1. The van der Waals surface area contributed by atoms with Crippen molar-refractivity contribution in [3.05, 3.63) is 30.1 Å². The summed E-state index contributed by atoms with van der Waals surface area (Å²) in [4.78, 5) is 4.76. The molecule has 0 aliphatic heterocycles. The van der Waals surface area contributed by atoms with Crippen LogP contribution >= 0.6 is 11.6 Å². The molecule has 1 aliphatic carbocycles. The predicted octanol–water partition coefficient (Wildman–Crippen LogP) is 4.50. The van der Waals surface area contributed by atoms with E-state index in [0.717, 1.165) is 24.3 Å². The third kappa shape index (κ3) is 1.88. The number of aromatic nitrogens is 2. The van der Waals surface area contributed by atoms with Crippen molar-refractivity contribution in [2.24, 2.45) is 16.7 Å². The Morgan fingerprint density at radius 2 is 1.80 bits per heavy atom. The van der Waals surface area contributed by atoms with E-state index in [1.807, 2.05) is 0 Å².